The lowest BCUT2D eigenvalue weighted by molar-refractivity contribution is -0.274. The molecule has 8 heteroatoms. The Kier molecular flexibility index (Phi) is 8.80. The molecule has 0 aliphatic rings. The zero-order valence-corrected chi connectivity index (χ0v) is 12.3. The molecule has 0 heterocycles. The van der Waals surface area contributed by atoms with Gasteiger partial charge in [-0.1, -0.05) is 12.1 Å². The Morgan fingerprint density at radius 1 is 1.19 bits per heavy atom. The van der Waals surface area contributed by atoms with Crippen molar-refractivity contribution in [2.75, 3.05) is 20.1 Å². The number of amides is 1. The summed E-state index contributed by atoms with van der Waals surface area (Å²) in [5, 5.41) is 5.69. The molecular formula is C13H18ClF3N2O2. The third-order valence-corrected chi connectivity index (χ3v) is 2.45. The summed E-state index contributed by atoms with van der Waals surface area (Å²) in [4.78, 5) is 11.5. The lowest BCUT2D eigenvalue weighted by atomic mass is 10.1. The molecule has 1 amide bonds. The lowest BCUT2D eigenvalue weighted by Crippen LogP contribution is -2.27. The second-order valence-corrected chi connectivity index (χ2v) is 4.18. The van der Waals surface area contributed by atoms with Gasteiger partial charge in [-0.15, -0.1) is 25.6 Å². The molecule has 4 nitrogen and oxygen atoms in total. The van der Waals surface area contributed by atoms with Crippen LogP contribution in [0.5, 0.6) is 5.75 Å². The first-order chi connectivity index (χ1) is 9.40. The number of nitrogens with one attached hydrogen (secondary N) is 2. The maximum Gasteiger partial charge on any atom is 0.573 e. The summed E-state index contributed by atoms with van der Waals surface area (Å²) in [5.74, 6) is -0.457. The van der Waals surface area contributed by atoms with Gasteiger partial charge in [-0.2, -0.15) is 0 Å². The highest BCUT2D eigenvalue weighted by atomic mass is 35.5. The van der Waals surface area contributed by atoms with Crippen molar-refractivity contribution in [1.82, 2.24) is 10.6 Å². The van der Waals surface area contributed by atoms with E-state index in [0.717, 1.165) is 13.0 Å². The Labute approximate surface area is 127 Å². The van der Waals surface area contributed by atoms with Crippen LogP contribution >= 0.6 is 12.4 Å². The van der Waals surface area contributed by atoms with Crippen molar-refractivity contribution >= 4 is 18.3 Å². The zero-order valence-electron chi connectivity index (χ0n) is 11.5. The molecule has 0 radical (unpaired) electrons. The number of carbonyl (C=O) groups is 1. The first-order valence-corrected chi connectivity index (χ1v) is 6.16. The van der Waals surface area contributed by atoms with E-state index in [2.05, 4.69) is 15.4 Å². The van der Waals surface area contributed by atoms with Gasteiger partial charge in [0.25, 0.3) is 0 Å². The standard InChI is InChI=1S/C13H17F3N2O2.ClH/c1-17-7-2-8-18-12(19)9-10-3-5-11(6-4-10)20-13(14,15)16;/h3-6,17H,2,7-9H2,1H3,(H,18,19);1H. The molecule has 120 valence electrons. The van der Waals surface area contributed by atoms with Crippen LogP contribution in [0.1, 0.15) is 12.0 Å². The highest BCUT2D eigenvalue weighted by Gasteiger charge is 2.30. The third-order valence-electron chi connectivity index (χ3n) is 2.45. The van der Waals surface area contributed by atoms with Crippen molar-refractivity contribution in [2.24, 2.45) is 0 Å². The minimum absolute atomic E-state index is 0. The molecule has 0 unspecified atom stereocenters. The maximum absolute atomic E-state index is 12.0. The van der Waals surface area contributed by atoms with E-state index in [0.29, 0.717) is 12.1 Å². The molecule has 0 saturated heterocycles. The number of carbonyl (C=O) groups excluding carboxylic acids is 1. The van der Waals surface area contributed by atoms with Crippen LogP contribution in [-0.2, 0) is 11.2 Å². The smallest absolute Gasteiger partial charge is 0.406 e. The van der Waals surface area contributed by atoms with E-state index in [-0.39, 0.29) is 30.5 Å². The van der Waals surface area contributed by atoms with Gasteiger partial charge in [-0.25, -0.2) is 0 Å². The zero-order chi connectivity index (χ0) is 15.0. The number of hydrogen-bond donors (Lipinski definition) is 2. The van der Waals surface area contributed by atoms with Gasteiger partial charge < -0.3 is 15.4 Å². The Bertz CT molecular complexity index is 424. The number of rotatable bonds is 7. The largest absolute Gasteiger partial charge is 0.573 e. The molecule has 0 aromatic heterocycles. The van der Waals surface area contributed by atoms with E-state index in [1.165, 1.54) is 24.3 Å². The van der Waals surface area contributed by atoms with E-state index in [9.17, 15) is 18.0 Å². The molecule has 0 atom stereocenters. The molecule has 1 aromatic rings. The topological polar surface area (TPSA) is 50.4 Å². The summed E-state index contributed by atoms with van der Waals surface area (Å²) in [6.07, 6.45) is -3.75. The SMILES string of the molecule is CNCCCNC(=O)Cc1ccc(OC(F)(F)F)cc1.Cl. The minimum atomic E-state index is -4.70. The van der Waals surface area contributed by atoms with Crippen LogP contribution in [0, 0.1) is 0 Å². The number of ether oxygens (including phenoxy) is 1. The molecule has 0 aliphatic heterocycles. The van der Waals surface area contributed by atoms with E-state index in [1.54, 1.807) is 0 Å². The van der Waals surface area contributed by atoms with Crippen LogP contribution in [0.25, 0.3) is 0 Å². The molecule has 21 heavy (non-hydrogen) atoms. The number of benzene rings is 1. The summed E-state index contributed by atoms with van der Waals surface area (Å²) >= 11 is 0. The normalized spacial score (nSPS) is 10.7. The summed E-state index contributed by atoms with van der Waals surface area (Å²) < 4.78 is 39.6. The van der Waals surface area contributed by atoms with Crippen LogP contribution in [0.15, 0.2) is 24.3 Å². The Balaban J connectivity index is 0.00000400. The third kappa shape index (κ3) is 9.14. The second kappa shape index (κ2) is 9.46. The molecule has 0 spiro atoms. The number of halogens is 4. The highest BCUT2D eigenvalue weighted by molar-refractivity contribution is 5.85. The summed E-state index contributed by atoms with van der Waals surface area (Å²) in [7, 11) is 1.83. The Morgan fingerprint density at radius 3 is 2.33 bits per heavy atom. The summed E-state index contributed by atoms with van der Waals surface area (Å²) in [6, 6.07) is 5.26. The van der Waals surface area contributed by atoms with Gasteiger partial charge in [0.2, 0.25) is 5.91 Å². The van der Waals surface area contributed by atoms with Crippen LogP contribution in [0.2, 0.25) is 0 Å². The predicted molar refractivity (Wildman–Crippen MR) is 75.6 cm³/mol. The predicted octanol–water partition coefficient (Wildman–Crippen LogP) is 2.28. The highest BCUT2D eigenvalue weighted by Crippen LogP contribution is 2.22. The molecular weight excluding hydrogens is 309 g/mol. The van der Waals surface area contributed by atoms with Gasteiger partial charge in [0.15, 0.2) is 0 Å². The van der Waals surface area contributed by atoms with Gasteiger partial charge in [0.1, 0.15) is 5.75 Å². The molecule has 2 N–H and O–H groups in total. The van der Waals surface area contributed by atoms with Crippen molar-refractivity contribution in [3.63, 3.8) is 0 Å². The Morgan fingerprint density at radius 2 is 1.81 bits per heavy atom. The van der Waals surface area contributed by atoms with Crippen LogP contribution < -0.4 is 15.4 Å². The molecule has 0 bridgehead atoms. The van der Waals surface area contributed by atoms with E-state index >= 15 is 0 Å². The average molecular weight is 327 g/mol. The van der Waals surface area contributed by atoms with Gasteiger partial charge in [-0.3, -0.25) is 4.79 Å². The van der Waals surface area contributed by atoms with E-state index in [1.807, 2.05) is 7.05 Å². The minimum Gasteiger partial charge on any atom is -0.406 e. The molecule has 0 saturated carbocycles. The van der Waals surface area contributed by atoms with Gasteiger partial charge >= 0.3 is 6.36 Å². The molecule has 1 rings (SSSR count). The van der Waals surface area contributed by atoms with Crippen LogP contribution in [-0.4, -0.2) is 32.4 Å². The quantitative estimate of drug-likeness (QED) is 0.756. The number of alkyl halides is 3. The van der Waals surface area contributed by atoms with Gasteiger partial charge in [0.05, 0.1) is 6.42 Å². The second-order valence-electron chi connectivity index (χ2n) is 4.18. The van der Waals surface area contributed by atoms with Crippen molar-refractivity contribution in [1.29, 1.82) is 0 Å². The fraction of sp³-hybridized carbons (Fsp3) is 0.462. The monoisotopic (exact) mass is 326 g/mol. The molecule has 1 aromatic carbocycles. The summed E-state index contributed by atoms with van der Waals surface area (Å²) in [6.45, 7) is 1.37. The molecule has 0 fully saturated rings. The van der Waals surface area contributed by atoms with Crippen molar-refractivity contribution in [2.45, 2.75) is 19.2 Å². The van der Waals surface area contributed by atoms with E-state index in [4.69, 9.17) is 0 Å². The number of hydrogen-bond acceptors (Lipinski definition) is 3. The van der Waals surface area contributed by atoms with Crippen LogP contribution in [0.3, 0.4) is 0 Å². The van der Waals surface area contributed by atoms with E-state index < -0.39 is 6.36 Å². The first kappa shape index (κ1) is 19.5. The lowest BCUT2D eigenvalue weighted by Gasteiger charge is -2.09. The maximum atomic E-state index is 12.0. The average Bonchev–Trinajstić information content (AvgIpc) is 2.35. The van der Waals surface area contributed by atoms with Crippen molar-refractivity contribution in [3.8, 4) is 5.75 Å². The van der Waals surface area contributed by atoms with Crippen LogP contribution in [0.4, 0.5) is 13.2 Å². The van der Waals surface area contributed by atoms with Crippen molar-refractivity contribution in [3.05, 3.63) is 29.8 Å². The van der Waals surface area contributed by atoms with Crippen molar-refractivity contribution < 1.29 is 22.7 Å². The Hall–Kier alpha value is -1.47. The molecule has 0 aliphatic carbocycles. The van der Waals surface area contributed by atoms with Gasteiger partial charge in [-0.05, 0) is 37.7 Å². The first-order valence-electron chi connectivity index (χ1n) is 6.16. The van der Waals surface area contributed by atoms with Gasteiger partial charge in [0, 0.05) is 6.54 Å². The fourth-order valence-corrected chi connectivity index (χ4v) is 1.55. The fourth-order valence-electron chi connectivity index (χ4n) is 1.55. The summed E-state index contributed by atoms with van der Waals surface area (Å²) in [5.41, 5.74) is 0.630.